The van der Waals surface area contributed by atoms with Crippen molar-refractivity contribution in [3.05, 3.63) is 71.3 Å². The van der Waals surface area contributed by atoms with E-state index in [0.29, 0.717) is 18.0 Å². The molecule has 1 heterocycles. The monoisotopic (exact) mass is 397 g/mol. The van der Waals surface area contributed by atoms with Crippen LogP contribution in [0.15, 0.2) is 48.5 Å². The number of hydrogen-bond donors (Lipinski definition) is 1. The van der Waals surface area contributed by atoms with Crippen LogP contribution in [-0.2, 0) is 0 Å². The molecule has 2 aromatic carbocycles. The smallest absolute Gasteiger partial charge is 0.273 e. The van der Waals surface area contributed by atoms with Crippen LogP contribution in [0.3, 0.4) is 0 Å². The first kappa shape index (κ1) is 20.5. The van der Waals surface area contributed by atoms with Crippen LogP contribution in [0.25, 0.3) is 5.69 Å². The van der Waals surface area contributed by atoms with Gasteiger partial charge in [0.1, 0.15) is 11.6 Å². The lowest BCUT2D eigenvalue weighted by molar-refractivity contribution is 0.0936. The molecule has 1 N–H and O–H groups in total. The number of benzene rings is 2. The Bertz CT molecular complexity index is 1000. The number of methoxy groups -OCH3 is 1. The minimum atomic E-state index is -0.333. The van der Waals surface area contributed by atoms with Gasteiger partial charge in [-0.1, -0.05) is 23.4 Å². The number of ether oxygens (including phenoxy) is 1. The third kappa shape index (κ3) is 4.60. The lowest BCUT2D eigenvalue weighted by Gasteiger charge is -2.25. The molecule has 7 nitrogen and oxygen atoms in total. The minimum absolute atomic E-state index is 0.177. The first-order valence-corrected chi connectivity index (χ1v) is 9.17. The van der Waals surface area contributed by atoms with Crippen LogP contribution in [-0.4, -0.2) is 53.6 Å². The Morgan fingerprint density at radius 3 is 2.69 bits per heavy atom. The summed E-state index contributed by atoms with van der Waals surface area (Å²) in [7, 11) is 5.35. The fourth-order valence-corrected chi connectivity index (χ4v) is 3.11. The highest BCUT2D eigenvalue weighted by molar-refractivity contribution is 5.93. The first-order chi connectivity index (χ1) is 13.9. The summed E-state index contributed by atoms with van der Waals surface area (Å²) >= 11 is 0. The summed E-state index contributed by atoms with van der Waals surface area (Å²) < 4.78 is 20.4. The number of nitrogens with one attached hydrogen (secondary N) is 1. The van der Waals surface area contributed by atoms with E-state index in [1.54, 1.807) is 24.8 Å². The van der Waals surface area contributed by atoms with Gasteiger partial charge in [-0.15, -0.1) is 5.10 Å². The molecule has 0 spiro atoms. The normalized spacial score (nSPS) is 12.1. The van der Waals surface area contributed by atoms with E-state index in [9.17, 15) is 9.18 Å². The predicted molar refractivity (Wildman–Crippen MR) is 108 cm³/mol. The lowest BCUT2D eigenvalue weighted by Crippen LogP contribution is -2.35. The van der Waals surface area contributed by atoms with Gasteiger partial charge in [0.15, 0.2) is 5.69 Å². The second-order valence-electron chi connectivity index (χ2n) is 6.88. The molecule has 1 atom stereocenters. The molecule has 0 saturated heterocycles. The van der Waals surface area contributed by atoms with Crippen molar-refractivity contribution in [1.82, 2.24) is 25.2 Å². The molecular formula is C21H24FN5O2. The maximum absolute atomic E-state index is 13.6. The molecule has 3 aromatic rings. The quantitative estimate of drug-likeness (QED) is 0.664. The molecule has 0 saturated carbocycles. The zero-order valence-electron chi connectivity index (χ0n) is 16.9. The lowest BCUT2D eigenvalue weighted by atomic mass is 10.1. The van der Waals surface area contributed by atoms with E-state index in [2.05, 4.69) is 15.6 Å². The fraction of sp³-hybridized carbons (Fsp3) is 0.286. The van der Waals surface area contributed by atoms with E-state index in [0.717, 1.165) is 11.3 Å². The summed E-state index contributed by atoms with van der Waals surface area (Å²) in [5, 5.41) is 11.0. The van der Waals surface area contributed by atoms with Gasteiger partial charge in [-0.3, -0.25) is 4.79 Å². The number of carbonyl (C=O) groups is 1. The molecule has 29 heavy (non-hydrogen) atoms. The average Bonchev–Trinajstić information content (AvgIpc) is 3.09. The Morgan fingerprint density at radius 1 is 1.24 bits per heavy atom. The molecule has 0 radical (unpaired) electrons. The van der Waals surface area contributed by atoms with Gasteiger partial charge in [0.25, 0.3) is 5.91 Å². The van der Waals surface area contributed by atoms with E-state index in [-0.39, 0.29) is 23.5 Å². The van der Waals surface area contributed by atoms with Crippen molar-refractivity contribution in [2.75, 3.05) is 27.7 Å². The van der Waals surface area contributed by atoms with Gasteiger partial charge in [-0.25, -0.2) is 9.07 Å². The summed E-state index contributed by atoms with van der Waals surface area (Å²) in [6, 6.07) is 13.5. The zero-order valence-corrected chi connectivity index (χ0v) is 16.9. The van der Waals surface area contributed by atoms with Gasteiger partial charge in [-0.2, -0.15) is 0 Å². The third-order valence-electron chi connectivity index (χ3n) is 4.72. The van der Waals surface area contributed by atoms with Crippen molar-refractivity contribution >= 4 is 5.91 Å². The van der Waals surface area contributed by atoms with Crippen LogP contribution in [0.1, 0.15) is 27.8 Å². The Hall–Kier alpha value is -3.26. The maximum atomic E-state index is 13.6. The molecule has 0 aliphatic carbocycles. The highest BCUT2D eigenvalue weighted by atomic mass is 19.1. The van der Waals surface area contributed by atoms with Crippen LogP contribution in [0.5, 0.6) is 5.75 Å². The van der Waals surface area contributed by atoms with Crippen LogP contribution >= 0.6 is 0 Å². The maximum Gasteiger partial charge on any atom is 0.273 e. The van der Waals surface area contributed by atoms with Crippen molar-refractivity contribution in [1.29, 1.82) is 0 Å². The number of nitrogens with zero attached hydrogens (tertiary/aromatic N) is 4. The summed E-state index contributed by atoms with van der Waals surface area (Å²) in [5.74, 6) is 0.0463. The topological polar surface area (TPSA) is 72.3 Å². The molecule has 0 fully saturated rings. The van der Waals surface area contributed by atoms with Crippen LogP contribution in [0.2, 0.25) is 0 Å². The number of amides is 1. The van der Waals surface area contributed by atoms with Crippen molar-refractivity contribution in [2.24, 2.45) is 0 Å². The van der Waals surface area contributed by atoms with Gasteiger partial charge >= 0.3 is 0 Å². The molecule has 1 aromatic heterocycles. The van der Waals surface area contributed by atoms with Crippen LogP contribution in [0, 0.1) is 12.7 Å². The summed E-state index contributed by atoms with van der Waals surface area (Å²) in [6.07, 6.45) is 0. The third-order valence-corrected chi connectivity index (χ3v) is 4.72. The van der Waals surface area contributed by atoms with Gasteiger partial charge in [0, 0.05) is 12.6 Å². The second-order valence-corrected chi connectivity index (χ2v) is 6.88. The highest BCUT2D eigenvalue weighted by Gasteiger charge is 2.20. The van der Waals surface area contributed by atoms with E-state index >= 15 is 0 Å². The van der Waals surface area contributed by atoms with Gasteiger partial charge < -0.3 is 15.0 Å². The minimum Gasteiger partial charge on any atom is -0.497 e. The predicted octanol–water partition coefficient (Wildman–Crippen LogP) is 2.76. The molecule has 0 aliphatic rings. The Balaban J connectivity index is 1.76. The number of hydrogen-bond acceptors (Lipinski definition) is 5. The molecule has 8 heteroatoms. The number of aromatic nitrogens is 3. The summed E-state index contributed by atoms with van der Waals surface area (Å²) in [6.45, 7) is 2.09. The number of likely N-dealkylation sites (N-methyl/N-ethyl adjacent to an activating group) is 1. The summed E-state index contributed by atoms with van der Waals surface area (Å²) in [5.41, 5.74) is 2.39. The number of halogens is 1. The van der Waals surface area contributed by atoms with Gasteiger partial charge in [0.05, 0.1) is 24.5 Å². The molecule has 1 unspecified atom stereocenters. The molecule has 3 rings (SSSR count). The van der Waals surface area contributed by atoms with Gasteiger partial charge in [0.2, 0.25) is 0 Å². The van der Waals surface area contributed by atoms with E-state index in [1.165, 1.54) is 12.1 Å². The van der Waals surface area contributed by atoms with Crippen molar-refractivity contribution in [3.8, 4) is 11.4 Å². The van der Waals surface area contributed by atoms with Crippen LogP contribution < -0.4 is 10.1 Å². The van der Waals surface area contributed by atoms with Crippen molar-refractivity contribution in [3.63, 3.8) is 0 Å². The van der Waals surface area contributed by atoms with E-state index < -0.39 is 0 Å². The average molecular weight is 397 g/mol. The number of rotatable bonds is 7. The van der Waals surface area contributed by atoms with Crippen molar-refractivity contribution < 1.29 is 13.9 Å². The van der Waals surface area contributed by atoms with E-state index in [4.69, 9.17) is 4.74 Å². The molecule has 1 amide bonds. The standard InChI is InChI=1S/C21H24FN5O2/c1-14-20(24-25-27(14)17-9-6-10-18(12-17)29-4)21(28)23-13-19(26(2)3)15-7-5-8-16(22)11-15/h5-12,19H,13H2,1-4H3,(H,23,28). The Labute approximate surface area is 169 Å². The molecular weight excluding hydrogens is 373 g/mol. The highest BCUT2D eigenvalue weighted by Crippen LogP contribution is 2.20. The Morgan fingerprint density at radius 2 is 2.00 bits per heavy atom. The zero-order chi connectivity index (χ0) is 21.0. The Kier molecular flexibility index (Phi) is 6.23. The van der Waals surface area contributed by atoms with Gasteiger partial charge in [-0.05, 0) is 50.8 Å². The molecule has 152 valence electrons. The first-order valence-electron chi connectivity index (χ1n) is 9.17. The fourth-order valence-electron chi connectivity index (χ4n) is 3.11. The molecule has 0 bridgehead atoms. The van der Waals surface area contributed by atoms with Crippen molar-refractivity contribution in [2.45, 2.75) is 13.0 Å². The summed E-state index contributed by atoms with van der Waals surface area (Å²) in [4.78, 5) is 14.6. The SMILES string of the molecule is COc1cccc(-n2nnc(C(=O)NCC(c3cccc(F)c3)N(C)C)c2C)c1. The molecule has 0 aliphatic heterocycles. The largest absolute Gasteiger partial charge is 0.497 e. The second kappa shape index (κ2) is 8.83. The van der Waals surface area contributed by atoms with E-state index in [1.807, 2.05) is 49.3 Å². The number of carbonyl (C=O) groups excluding carboxylic acids is 1. The van der Waals surface area contributed by atoms with Crippen LogP contribution in [0.4, 0.5) is 4.39 Å².